The average Bonchev–Trinajstić information content (AvgIpc) is 2.73. The second-order valence-corrected chi connectivity index (χ2v) is 6.97. The Hall–Kier alpha value is -2.85. The maximum atomic E-state index is 12.5. The van der Waals surface area contributed by atoms with Crippen LogP contribution >= 0.6 is 0 Å². The number of nitrogens with zero attached hydrogens (tertiary/aromatic N) is 2. The highest BCUT2D eigenvalue weighted by Gasteiger charge is 2.19. The van der Waals surface area contributed by atoms with E-state index in [1.54, 1.807) is 6.08 Å². The third kappa shape index (κ3) is 4.47. The van der Waals surface area contributed by atoms with Gasteiger partial charge in [-0.2, -0.15) is 0 Å². The minimum atomic E-state index is 0.0779. The van der Waals surface area contributed by atoms with Gasteiger partial charge in [-0.25, -0.2) is 0 Å². The molecule has 4 rings (SSSR count). The van der Waals surface area contributed by atoms with Crippen molar-refractivity contribution in [3.8, 4) is 5.75 Å². The first-order valence-corrected chi connectivity index (χ1v) is 9.43. The average molecular weight is 360 g/mol. The van der Waals surface area contributed by atoms with Crippen LogP contribution in [0.2, 0.25) is 0 Å². The highest BCUT2D eigenvalue weighted by Crippen LogP contribution is 2.26. The number of carbonyl (C=O) groups excluding carboxylic acids is 1. The van der Waals surface area contributed by atoms with Gasteiger partial charge in [0.2, 0.25) is 5.91 Å². The fourth-order valence-electron chi connectivity index (χ4n) is 3.48. The molecule has 1 saturated heterocycles. The van der Waals surface area contributed by atoms with Gasteiger partial charge in [0, 0.05) is 44.4 Å². The van der Waals surface area contributed by atoms with E-state index in [9.17, 15) is 4.79 Å². The van der Waals surface area contributed by atoms with Crippen molar-refractivity contribution in [2.75, 3.05) is 32.8 Å². The standard InChI is InChI=1S/C23H24N2O2/c26-23(11-10-20-16-21-8-4-5-9-22(21)27-18-20)25-14-12-24(13-15-25)17-19-6-2-1-3-7-19/h1-11,16H,12-15,17-18H2/b11-10+. The van der Waals surface area contributed by atoms with E-state index in [0.717, 1.165) is 49.6 Å². The predicted octanol–water partition coefficient (Wildman–Crippen LogP) is 3.36. The number of benzene rings is 2. The Bertz CT molecular complexity index is 850. The number of ether oxygens (including phenoxy) is 1. The van der Waals surface area contributed by atoms with Gasteiger partial charge in [0.15, 0.2) is 0 Å². The maximum Gasteiger partial charge on any atom is 0.246 e. The number of carbonyl (C=O) groups is 1. The second-order valence-electron chi connectivity index (χ2n) is 6.97. The summed E-state index contributed by atoms with van der Waals surface area (Å²) in [5.74, 6) is 0.977. The van der Waals surface area contributed by atoms with Crippen LogP contribution in [0, 0.1) is 0 Å². The number of fused-ring (bicyclic) bond motifs is 1. The molecule has 2 heterocycles. The molecule has 138 valence electrons. The van der Waals surface area contributed by atoms with Crippen LogP contribution in [0.25, 0.3) is 6.08 Å². The first kappa shape index (κ1) is 17.6. The van der Waals surface area contributed by atoms with Crippen molar-refractivity contribution in [1.82, 2.24) is 9.80 Å². The molecule has 1 amide bonds. The molecule has 4 nitrogen and oxygen atoms in total. The normalized spacial score (nSPS) is 17.3. The van der Waals surface area contributed by atoms with E-state index >= 15 is 0 Å². The Labute approximate surface area is 160 Å². The third-order valence-corrected chi connectivity index (χ3v) is 5.03. The summed E-state index contributed by atoms with van der Waals surface area (Å²) in [6, 6.07) is 18.4. The lowest BCUT2D eigenvalue weighted by Gasteiger charge is -2.34. The van der Waals surface area contributed by atoms with Crippen LogP contribution in [0.1, 0.15) is 11.1 Å². The lowest BCUT2D eigenvalue weighted by Crippen LogP contribution is -2.47. The lowest BCUT2D eigenvalue weighted by molar-refractivity contribution is -0.127. The fraction of sp³-hybridized carbons (Fsp3) is 0.261. The summed E-state index contributed by atoms with van der Waals surface area (Å²) in [4.78, 5) is 16.8. The predicted molar refractivity (Wildman–Crippen MR) is 107 cm³/mol. The van der Waals surface area contributed by atoms with E-state index in [0.29, 0.717) is 6.61 Å². The zero-order valence-electron chi connectivity index (χ0n) is 15.4. The Morgan fingerprint density at radius 2 is 1.70 bits per heavy atom. The molecule has 27 heavy (non-hydrogen) atoms. The van der Waals surface area contributed by atoms with Crippen LogP contribution in [0.5, 0.6) is 5.75 Å². The fourth-order valence-corrected chi connectivity index (χ4v) is 3.48. The van der Waals surface area contributed by atoms with Crippen molar-refractivity contribution in [3.63, 3.8) is 0 Å². The van der Waals surface area contributed by atoms with Crippen LogP contribution in [-0.2, 0) is 11.3 Å². The lowest BCUT2D eigenvalue weighted by atomic mass is 10.1. The molecule has 2 aromatic rings. The maximum absolute atomic E-state index is 12.5. The molecule has 0 bridgehead atoms. The minimum Gasteiger partial charge on any atom is -0.488 e. The van der Waals surface area contributed by atoms with Crippen LogP contribution in [0.4, 0.5) is 0 Å². The summed E-state index contributed by atoms with van der Waals surface area (Å²) in [7, 11) is 0. The van der Waals surface area contributed by atoms with Gasteiger partial charge in [-0.1, -0.05) is 54.6 Å². The Morgan fingerprint density at radius 3 is 2.52 bits per heavy atom. The number of amides is 1. The molecule has 0 aromatic heterocycles. The van der Waals surface area contributed by atoms with Crippen LogP contribution in [0.3, 0.4) is 0 Å². The Balaban J connectivity index is 1.30. The molecule has 0 aliphatic carbocycles. The highest BCUT2D eigenvalue weighted by molar-refractivity contribution is 5.88. The Kier molecular flexibility index (Phi) is 5.35. The van der Waals surface area contributed by atoms with E-state index < -0.39 is 0 Å². The van der Waals surface area contributed by atoms with Gasteiger partial charge in [0.1, 0.15) is 12.4 Å². The first-order chi connectivity index (χ1) is 13.3. The molecule has 2 aliphatic rings. The summed E-state index contributed by atoms with van der Waals surface area (Å²) in [6.45, 7) is 4.82. The number of hydrogen-bond donors (Lipinski definition) is 0. The topological polar surface area (TPSA) is 32.8 Å². The van der Waals surface area contributed by atoms with E-state index in [1.807, 2.05) is 41.3 Å². The SMILES string of the molecule is O=C(/C=C/C1=Cc2ccccc2OC1)N1CCN(Cc2ccccc2)CC1. The summed E-state index contributed by atoms with van der Waals surface area (Å²) >= 11 is 0. The van der Waals surface area contributed by atoms with E-state index in [4.69, 9.17) is 4.74 Å². The number of piperazine rings is 1. The van der Waals surface area contributed by atoms with Gasteiger partial charge in [-0.3, -0.25) is 9.69 Å². The van der Waals surface area contributed by atoms with Crippen molar-refractivity contribution in [3.05, 3.63) is 83.4 Å². The number of hydrogen-bond acceptors (Lipinski definition) is 3. The molecule has 2 aromatic carbocycles. The van der Waals surface area contributed by atoms with Gasteiger partial charge in [0.05, 0.1) is 0 Å². The monoisotopic (exact) mass is 360 g/mol. The first-order valence-electron chi connectivity index (χ1n) is 9.43. The quantitative estimate of drug-likeness (QED) is 0.784. The van der Waals surface area contributed by atoms with Crippen molar-refractivity contribution in [2.24, 2.45) is 0 Å². The summed E-state index contributed by atoms with van der Waals surface area (Å²) < 4.78 is 5.73. The molecule has 0 N–H and O–H groups in total. The van der Waals surface area contributed by atoms with E-state index in [1.165, 1.54) is 5.56 Å². The van der Waals surface area contributed by atoms with Crippen molar-refractivity contribution >= 4 is 12.0 Å². The molecule has 1 fully saturated rings. The second kappa shape index (κ2) is 8.23. The van der Waals surface area contributed by atoms with E-state index in [-0.39, 0.29) is 5.91 Å². The van der Waals surface area contributed by atoms with Gasteiger partial charge in [0.25, 0.3) is 0 Å². The van der Waals surface area contributed by atoms with Crippen molar-refractivity contribution < 1.29 is 9.53 Å². The zero-order valence-corrected chi connectivity index (χ0v) is 15.4. The molecule has 0 radical (unpaired) electrons. The van der Waals surface area contributed by atoms with Crippen LogP contribution in [-0.4, -0.2) is 48.5 Å². The number of rotatable bonds is 4. The van der Waals surface area contributed by atoms with Gasteiger partial charge < -0.3 is 9.64 Å². The van der Waals surface area contributed by atoms with Crippen molar-refractivity contribution in [1.29, 1.82) is 0 Å². The summed E-state index contributed by atoms with van der Waals surface area (Å²) in [5.41, 5.74) is 3.40. The molecule has 2 aliphatic heterocycles. The molecular weight excluding hydrogens is 336 g/mol. The minimum absolute atomic E-state index is 0.0779. The molecular formula is C23H24N2O2. The Morgan fingerprint density at radius 1 is 0.963 bits per heavy atom. The van der Waals surface area contributed by atoms with E-state index in [2.05, 4.69) is 35.2 Å². The molecule has 0 unspecified atom stereocenters. The zero-order chi connectivity index (χ0) is 18.5. The number of para-hydroxylation sites is 1. The van der Waals surface area contributed by atoms with Crippen LogP contribution in [0.15, 0.2) is 72.3 Å². The summed E-state index contributed by atoms with van der Waals surface area (Å²) in [5, 5.41) is 0. The largest absolute Gasteiger partial charge is 0.488 e. The summed E-state index contributed by atoms with van der Waals surface area (Å²) in [6.07, 6.45) is 5.64. The highest BCUT2D eigenvalue weighted by atomic mass is 16.5. The van der Waals surface area contributed by atoms with Gasteiger partial charge >= 0.3 is 0 Å². The van der Waals surface area contributed by atoms with Crippen molar-refractivity contribution in [2.45, 2.75) is 6.54 Å². The molecule has 4 heteroatoms. The molecule has 0 saturated carbocycles. The molecule has 0 atom stereocenters. The van der Waals surface area contributed by atoms with Gasteiger partial charge in [-0.05, 0) is 23.3 Å². The van der Waals surface area contributed by atoms with Crippen LogP contribution < -0.4 is 4.74 Å². The third-order valence-electron chi connectivity index (χ3n) is 5.03. The van der Waals surface area contributed by atoms with Gasteiger partial charge in [-0.15, -0.1) is 0 Å². The smallest absolute Gasteiger partial charge is 0.246 e. The molecule has 0 spiro atoms.